The average molecular weight is 306 g/mol. The molecule has 0 atom stereocenters. The van der Waals surface area contributed by atoms with Crippen molar-refractivity contribution in [2.45, 2.75) is 6.42 Å². The van der Waals surface area contributed by atoms with Gasteiger partial charge in [-0.05, 0) is 29.8 Å². The molecule has 0 fully saturated rings. The molecule has 0 unspecified atom stereocenters. The predicted molar refractivity (Wildman–Crippen MR) is 79.9 cm³/mol. The first kappa shape index (κ1) is 13.9. The Morgan fingerprint density at radius 2 is 2.19 bits per heavy atom. The van der Waals surface area contributed by atoms with Crippen LogP contribution in [0, 0.1) is 5.82 Å². The van der Waals surface area contributed by atoms with E-state index in [1.807, 2.05) is 12.1 Å². The minimum absolute atomic E-state index is 0.0216. The number of hydrogen-bond acceptors (Lipinski definition) is 3. The fourth-order valence-electron chi connectivity index (χ4n) is 2.32. The molecule has 1 N–H and O–H groups in total. The number of ketones is 1. The van der Waals surface area contributed by atoms with Gasteiger partial charge in [0.2, 0.25) is 0 Å². The minimum Gasteiger partial charge on any atom is -0.489 e. The van der Waals surface area contributed by atoms with Gasteiger partial charge in [-0.25, -0.2) is 4.39 Å². The Morgan fingerprint density at radius 1 is 1.33 bits per heavy atom. The molecule has 0 saturated carbocycles. The van der Waals surface area contributed by atoms with E-state index in [0.717, 1.165) is 12.2 Å². The second-order valence-corrected chi connectivity index (χ2v) is 5.21. The monoisotopic (exact) mass is 305 g/mol. The number of rotatable bonds is 3. The van der Waals surface area contributed by atoms with Gasteiger partial charge in [0.15, 0.2) is 11.5 Å². The zero-order valence-corrected chi connectivity index (χ0v) is 11.9. The Labute approximate surface area is 126 Å². The fourth-order valence-corrected chi connectivity index (χ4v) is 2.52. The van der Waals surface area contributed by atoms with E-state index < -0.39 is 5.82 Å². The molecule has 1 aliphatic heterocycles. The molecule has 21 heavy (non-hydrogen) atoms. The van der Waals surface area contributed by atoms with Gasteiger partial charge in [-0.2, -0.15) is 0 Å². The summed E-state index contributed by atoms with van der Waals surface area (Å²) in [4.78, 5) is 12.4. The Morgan fingerprint density at radius 3 is 3.00 bits per heavy atom. The molecule has 0 aliphatic carbocycles. The number of anilines is 1. The van der Waals surface area contributed by atoms with Crippen LogP contribution in [0.4, 0.5) is 10.1 Å². The molecule has 0 spiro atoms. The van der Waals surface area contributed by atoms with Crippen molar-refractivity contribution >= 4 is 23.1 Å². The lowest BCUT2D eigenvalue weighted by Crippen LogP contribution is -2.20. The Kier molecular flexibility index (Phi) is 3.80. The molecule has 0 saturated heterocycles. The van der Waals surface area contributed by atoms with E-state index >= 15 is 0 Å². The number of nitrogens with one attached hydrogen (secondary N) is 1. The number of benzene rings is 2. The highest BCUT2D eigenvalue weighted by atomic mass is 35.5. The second kappa shape index (κ2) is 5.74. The van der Waals surface area contributed by atoms with Gasteiger partial charge in [0.1, 0.15) is 12.4 Å². The topological polar surface area (TPSA) is 38.3 Å². The molecule has 1 aliphatic rings. The molecule has 5 heteroatoms. The van der Waals surface area contributed by atoms with E-state index in [9.17, 15) is 9.18 Å². The van der Waals surface area contributed by atoms with E-state index in [0.29, 0.717) is 23.5 Å². The van der Waals surface area contributed by atoms with Crippen LogP contribution >= 0.6 is 11.6 Å². The van der Waals surface area contributed by atoms with Crippen molar-refractivity contribution in [3.05, 3.63) is 58.4 Å². The number of carbonyl (C=O) groups is 1. The second-order valence-electron chi connectivity index (χ2n) is 4.81. The summed E-state index contributed by atoms with van der Waals surface area (Å²) in [5, 5.41) is 3.21. The van der Waals surface area contributed by atoms with E-state index in [1.165, 1.54) is 12.1 Å². The van der Waals surface area contributed by atoms with Gasteiger partial charge < -0.3 is 10.1 Å². The predicted octanol–water partition coefficient (Wildman–Crippen LogP) is 3.71. The lowest BCUT2D eigenvalue weighted by molar-refractivity contribution is 0.0989. The van der Waals surface area contributed by atoms with Crippen LogP contribution in [0.3, 0.4) is 0 Å². The molecule has 108 valence electrons. The normalized spacial score (nSPS) is 13.0. The Bertz CT molecular complexity index is 703. The first-order valence-corrected chi connectivity index (χ1v) is 7.00. The lowest BCUT2D eigenvalue weighted by atomic mass is 10.0. The Balaban J connectivity index is 1.87. The number of carbonyl (C=O) groups excluding carboxylic acids is 1. The third kappa shape index (κ3) is 2.85. The third-order valence-electron chi connectivity index (χ3n) is 3.33. The molecule has 2 aromatic rings. The van der Waals surface area contributed by atoms with Gasteiger partial charge in [-0.3, -0.25) is 4.79 Å². The number of Topliss-reactive ketones (excluding diaryl/α,β-unsaturated/α-hetero) is 1. The van der Waals surface area contributed by atoms with Gasteiger partial charge in [0, 0.05) is 13.0 Å². The number of hydrogen-bond donors (Lipinski definition) is 1. The quantitative estimate of drug-likeness (QED) is 0.879. The number of ether oxygens (including phenoxy) is 1. The van der Waals surface area contributed by atoms with Gasteiger partial charge in [0.25, 0.3) is 0 Å². The van der Waals surface area contributed by atoms with E-state index in [4.69, 9.17) is 16.3 Å². The maximum absolute atomic E-state index is 13.1. The maximum Gasteiger partial charge on any atom is 0.171 e. The highest BCUT2D eigenvalue weighted by molar-refractivity contribution is 6.30. The molecule has 3 rings (SSSR count). The van der Waals surface area contributed by atoms with Crippen LogP contribution in [-0.2, 0) is 6.42 Å². The summed E-state index contributed by atoms with van der Waals surface area (Å²) in [6.45, 7) is 1.25. The van der Waals surface area contributed by atoms with Crippen molar-refractivity contribution < 1.29 is 13.9 Å². The van der Waals surface area contributed by atoms with Crippen molar-refractivity contribution in [2.75, 3.05) is 18.5 Å². The fraction of sp³-hybridized carbons (Fsp3) is 0.188. The largest absolute Gasteiger partial charge is 0.489 e. The van der Waals surface area contributed by atoms with Gasteiger partial charge in [-0.15, -0.1) is 0 Å². The summed E-state index contributed by atoms with van der Waals surface area (Å²) < 4.78 is 18.7. The number of halogens is 2. The number of fused-ring (bicyclic) bond motifs is 1. The van der Waals surface area contributed by atoms with Crippen LogP contribution in [-0.4, -0.2) is 18.9 Å². The molecule has 0 amide bonds. The molecule has 1 heterocycles. The van der Waals surface area contributed by atoms with Gasteiger partial charge in [0.05, 0.1) is 16.3 Å². The summed E-state index contributed by atoms with van der Waals surface area (Å²) in [5.74, 6) is 0.0117. The standard InChI is InChI=1S/C16H13ClFNO2/c17-12-8-10(4-5-13(12)18)9-15(20)11-2-1-3-14-16(11)21-7-6-19-14/h1-5,8,19H,6-7,9H2. The zero-order chi connectivity index (χ0) is 14.8. The number of para-hydroxylation sites is 1. The van der Waals surface area contributed by atoms with Crippen LogP contribution in [0.25, 0.3) is 0 Å². The van der Waals surface area contributed by atoms with Crippen LogP contribution in [0.15, 0.2) is 36.4 Å². The minimum atomic E-state index is -0.488. The summed E-state index contributed by atoms with van der Waals surface area (Å²) >= 11 is 5.74. The van der Waals surface area contributed by atoms with Crippen molar-refractivity contribution in [3.8, 4) is 5.75 Å². The SMILES string of the molecule is O=C(Cc1ccc(F)c(Cl)c1)c1cccc2c1OCCN2. The van der Waals surface area contributed by atoms with Gasteiger partial charge in [-0.1, -0.05) is 23.7 Å². The highest BCUT2D eigenvalue weighted by Crippen LogP contribution is 2.32. The molecular weight excluding hydrogens is 293 g/mol. The van der Waals surface area contributed by atoms with Crippen LogP contribution in [0.2, 0.25) is 5.02 Å². The zero-order valence-electron chi connectivity index (χ0n) is 11.2. The molecule has 2 aromatic carbocycles. The van der Waals surface area contributed by atoms with Crippen molar-refractivity contribution in [3.63, 3.8) is 0 Å². The summed E-state index contributed by atoms with van der Waals surface area (Å²) in [6.07, 6.45) is 0.153. The third-order valence-corrected chi connectivity index (χ3v) is 3.62. The molecule has 0 bridgehead atoms. The smallest absolute Gasteiger partial charge is 0.171 e. The molecule has 3 nitrogen and oxygen atoms in total. The van der Waals surface area contributed by atoms with E-state index in [2.05, 4.69) is 5.32 Å². The van der Waals surface area contributed by atoms with Crippen molar-refractivity contribution in [1.82, 2.24) is 0 Å². The summed E-state index contributed by atoms with van der Waals surface area (Å²) in [6, 6.07) is 9.73. The average Bonchev–Trinajstić information content (AvgIpc) is 2.50. The Hall–Kier alpha value is -2.07. The highest BCUT2D eigenvalue weighted by Gasteiger charge is 2.19. The van der Waals surface area contributed by atoms with E-state index in [-0.39, 0.29) is 17.2 Å². The van der Waals surface area contributed by atoms with Gasteiger partial charge >= 0.3 is 0 Å². The van der Waals surface area contributed by atoms with Crippen LogP contribution in [0.1, 0.15) is 15.9 Å². The molecule has 0 aromatic heterocycles. The van der Waals surface area contributed by atoms with Crippen molar-refractivity contribution in [2.24, 2.45) is 0 Å². The van der Waals surface area contributed by atoms with Crippen LogP contribution in [0.5, 0.6) is 5.75 Å². The summed E-state index contributed by atoms with van der Waals surface area (Å²) in [7, 11) is 0. The van der Waals surface area contributed by atoms with E-state index in [1.54, 1.807) is 12.1 Å². The first-order chi connectivity index (χ1) is 10.1. The molecule has 0 radical (unpaired) electrons. The molecular formula is C16H13ClFNO2. The first-order valence-electron chi connectivity index (χ1n) is 6.62. The maximum atomic E-state index is 13.1. The van der Waals surface area contributed by atoms with Crippen molar-refractivity contribution in [1.29, 1.82) is 0 Å². The van der Waals surface area contributed by atoms with Crippen LogP contribution < -0.4 is 10.1 Å². The summed E-state index contributed by atoms with van der Waals surface area (Å²) in [5.41, 5.74) is 2.03. The lowest BCUT2D eigenvalue weighted by Gasteiger charge is -2.21.